The number of hydrogen-bond donors (Lipinski definition) is 1. The molecule has 3 heteroatoms. The molecule has 0 saturated heterocycles. The van der Waals surface area contributed by atoms with Gasteiger partial charge in [0.2, 0.25) is 0 Å². The van der Waals surface area contributed by atoms with E-state index in [2.05, 4.69) is 16.6 Å². The van der Waals surface area contributed by atoms with Gasteiger partial charge in [0.05, 0.1) is 0 Å². The summed E-state index contributed by atoms with van der Waals surface area (Å²) in [6, 6.07) is 0.352. The van der Waals surface area contributed by atoms with E-state index in [9.17, 15) is 0 Å². The van der Waals surface area contributed by atoms with Gasteiger partial charge in [-0.15, -0.1) is 0 Å². The van der Waals surface area contributed by atoms with E-state index in [4.69, 9.17) is 5.73 Å². The molecule has 1 aliphatic carbocycles. The van der Waals surface area contributed by atoms with Crippen LogP contribution in [0.2, 0.25) is 0 Å². The Bertz CT molecular complexity index is 337. The minimum absolute atomic E-state index is 0.352. The monoisotopic (exact) mass is 249 g/mol. The van der Waals surface area contributed by atoms with Gasteiger partial charge in [0.25, 0.3) is 0 Å². The maximum absolute atomic E-state index is 6.29. The zero-order chi connectivity index (χ0) is 12.8. The van der Waals surface area contributed by atoms with E-state index >= 15 is 0 Å². The molecule has 0 aromatic carbocycles. The van der Waals surface area contributed by atoms with Crippen LogP contribution in [0.3, 0.4) is 0 Å². The Labute approximate surface area is 111 Å². The van der Waals surface area contributed by atoms with E-state index in [1.807, 2.05) is 12.4 Å². The first-order valence-electron chi connectivity index (χ1n) is 7.47. The van der Waals surface area contributed by atoms with Gasteiger partial charge in [-0.2, -0.15) is 0 Å². The van der Waals surface area contributed by atoms with Crippen molar-refractivity contribution in [2.24, 2.45) is 18.7 Å². The topological polar surface area (TPSA) is 43.8 Å². The van der Waals surface area contributed by atoms with Crippen molar-refractivity contribution in [1.29, 1.82) is 0 Å². The molecule has 1 atom stereocenters. The number of aryl methyl sites for hydroxylation is 2. The highest BCUT2D eigenvalue weighted by Crippen LogP contribution is 2.26. The van der Waals surface area contributed by atoms with Crippen LogP contribution in [0, 0.1) is 5.92 Å². The van der Waals surface area contributed by atoms with E-state index in [1.165, 1.54) is 44.9 Å². The van der Waals surface area contributed by atoms with Gasteiger partial charge in [0, 0.05) is 31.9 Å². The van der Waals surface area contributed by atoms with Crippen LogP contribution in [-0.4, -0.2) is 15.6 Å². The molecule has 18 heavy (non-hydrogen) atoms. The maximum Gasteiger partial charge on any atom is 0.108 e. The Morgan fingerprint density at radius 2 is 2.06 bits per heavy atom. The molecule has 102 valence electrons. The first-order valence-corrected chi connectivity index (χ1v) is 7.47. The van der Waals surface area contributed by atoms with Crippen molar-refractivity contribution in [3.63, 3.8) is 0 Å². The van der Waals surface area contributed by atoms with Crippen molar-refractivity contribution in [3.05, 3.63) is 18.2 Å². The molecule has 1 unspecified atom stereocenters. The lowest BCUT2D eigenvalue weighted by Crippen LogP contribution is -2.24. The van der Waals surface area contributed by atoms with Crippen LogP contribution in [0.1, 0.15) is 57.2 Å². The first kappa shape index (κ1) is 13.6. The second-order valence-electron chi connectivity index (χ2n) is 5.85. The summed E-state index contributed by atoms with van der Waals surface area (Å²) in [5, 5.41) is 0. The third kappa shape index (κ3) is 4.13. The minimum atomic E-state index is 0.352. The fourth-order valence-electron chi connectivity index (χ4n) is 3.10. The highest BCUT2D eigenvalue weighted by molar-refractivity contribution is 4.92. The van der Waals surface area contributed by atoms with Gasteiger partial charge in [-0.1, -0.05) is 38.5 Å². The van der Waals surface area contributed by atoms with E-state index in [-0.39, 0.29) is 0 Å². The van der Waals surface area contributed by atoms with E-state index in [0.29, 0.717) is 6.04 Å². The highest BCUT2D eigenvalue weighted by Gasteiger charge is 2.16. The predicted octanol–water partition coefficient (Wildman–Crippen LogP) is 3.04. The van der Waals surface area contributed by atoms with Gasteiger partial charge in [0.15, 0.2) is 0 Å². The van der Waals surface area contributed by atoms with Gasteiger partial charge in [0.1, 0.15) is 5.82 Å². The number of imidazole rings is 1. The number of nitrogens with two attached hydrogens (primary N) is 1. The highest BCUT2D eigenvalue weighted by atomic mass is 15.0. The number of hydrogen-bond acceptors (Lipinski definition) is 2. The second kappa shape index (κ2) is 6.93. The van der Waals surface area contributed by atoms with Crippen molar-refractivity contribution in [2.45, 2.75) is 63.8 Å². The summed E-state index contributed by atoms with van der Waals surface area (Å²) >= 11 is 0. The molecular weight excluding hydrogens is 222 g/mol. The van der Waals surface area contributed by atoms with Crippen LogP contribution in [0.4, 0.5) is 0 Å². The molecule has 2 rings (SSSR count). The Kier molecular flexibility index (Phi) is 5.24. The second-order valence-corrected chi connectivity index (χ2v) is 5.85. The lowest BCUT2D eigenvalue weighted by Gasteiger charge is -2.19. The number of aromatic nitrogens is 2. The summed E-state index contributed by atoms with van der Waals surface area (Å²) in [6.07, 6.45) is 15.7. The molecule has 0 bridgehead atoms. The first-order chi connectivity index (χ1) is 8.75. The lowest BCUT2D eigenvalue weighted by molar-refractivity contribution is 0.377. The molecule has 1 aliphatic rings. The van der Waals surface area contributed by atoms with E-state index < -0.39 is 0 Å². The van der Waals surface area contributed by atoms with Gasteiger partial charge in [-0.3, -0.25) is 0 Å². The Morgan fingerprint density at radius 1 is 1.33 bits per heavy atom. The summed E-state index contributed by atoms with van der Waals surface area (Å²) in [4.78, 5) is 4.36. The van der Waals surface area contributed by atoms with Crippen LogP contribution < -0.4 is 5.73 Å². The molecule has 0 amide bonds. The molecule has 0 aliphatic heterocycles. The fourth-order valence-corrected chi connectivity index (χ4v) is 3.10. The molecule has 1 aromatic rings. The van der Waals surface area contributed by atoms with Crippen LogP contribution >= 0.6 is 0 Å². The molecule has 0 spiro atoms. The minimum Gasteiger partial charge on any atom is -0.338 e. The largest absolute Gasteiger partial charge is 0.338 e. The Morgan fingerprint density at radius 3 is 2.67 bits per heavy atom. The molecular formula is C15H27N3. The maximum atomic E-state index is 6.29. The lowest BCUT2D eigenvalue weighted by atomic mass is 9.91. The van der Waals surface area contributed by atoms with Crippen LogP contribution in [0.25, 0.3) is 0 Å². The molecule has 1 heterocycles. The third-order valence-corrected chi connectivity index (χ3v) is 4.27. The zero-order valence-electron chi connectivity index (χ0n) is 11.6. The summed E-state index contributed by atoms with van der Waals surface area (Å²) in [5.74, 6) is 2.04. The standard InChI is InChI=1S/C15H27N3/c1-18-11-10-17-15(18)9-8-14(16)12-13-6-4-2-3-5-7-13/h10-11,13-14H,2-9,12,16H2,1H3. The van der Waals surface area contributed by atoms with Crippen LogP contribution in [0.5, 0.6) is 0 Å². The van der Waals surface area contributed by atoms with Crippen LogP contribution in [-0.2, 0) is 13.5 Å². The fraction of sp³-hybridized carbons (Fsp3) is 0.800. The van der Waals surface area contributed by atoms with Crippen molar-refractivity contribution in [2.75, 3.05) is 0 Å². The van der Waals surface area contributed by atoms with Gasteiger partial charge in [-0.05, 0) is 18.8 Å². The molecule has 0 radical (unpaired) electrons. The number of rotatable bonds is 5. The summed E-state index contributed by atoms with van der Waals surface area (Å²) in [6.45, 7) is 0. The van der Waals surface area contributed by atoms with Crippen molar-refractivity contribution in [1.82, 2.24) is 9.55 Å². The molecule has 1 saturated carbocycles. The molecule has 2 N–H and O–H groups in total. The number of nitrogens with zero attached hydrogens (tertiary/aromatic N) is 2. The molecule has 1 fully saturated rings. The summed E-state index contributed by atoms with van der Waals surface area (Å²) < 4.78 is 2.10. The van der Waals surface area contributed by atoms with Crippen molar-refractivity contribution in [3.8, 4) is 0 Å². The van der Waals surface area contributed by atoms with E-state index in [1.54, 1.807) is 0 Å². The van der Waals surface area contributed by atoms with Gasteiger partial charge < -0.3 is 10.3 Å². The predicted molar refractivity (Wildman–Crippen MR) is 75.3 cm³/mol. The smallest absolute Gasteiger partial charge is 0.108 e. The summed E-state index contributed by atoms with van der Waals surface area (Å²) in [7, 11) is 2.05. The van der Waals surface area contributed by atoms with Crippen molar-refractivity contribution >= 4 is 0 Å². The average Bonchev–Trinajstić information content (AvgIpc) is 2.61. The van der Waals surface area contributed by atoms with Crippen LogP contribution in [0.15, 0.2) is 12.4 Å². The normalized spacial score (nSPS) is 19.7. The molecule has 1 aromatic heterocycles. The van der Waals surface area contributed by atoms with Crippen molar-refractivity contribution < 1.29 is 0 Å². The SMILES string of the molecule is Cn1ccnc1CCC(N)CC1CCCCCC1. The molecule has 3 nitrogen and oxygen atoms in total. The Hall–Kier alpha value is -0.830. The third-order valence-electron chi connectivity index (χ3n) is 4.27. The summed E-state index contributed by atoms with van der Waals surface area (Å²) in [5.41, 5.74) is 6.29. The van der Waals surface area contributed by atoms with Gasteiger partial charge >= 0.3 is 0 Å². The average molecular weight is 249 g/mol. The van der Waals surface area contributed by atoms with E-state index in [0.717, 1.165) is 24.6 Å². The Balaban J connectivity index is 1.71. The quantitative estimate of drug-likeness (QED) is 0.815. The zero-order valence-corrected chi connectivity index (χ0v) is 11.6. The van der Waals surface area contributed by atoms with Gasteiger partial charge in [-0.25, -0.2) is 4.98 Å².